The fraction of sp³-hybridized carbons (Fsp3) is 0.409. The number of hydrogen-bond acceptors (Lipinski definition) is 4. The summed E-state index contributed by atoms with van der Waals surface area (Å²) in [5.41, 5.74) is 4.45. The largest absolute Gasteiger partial charge is 0.466 e. The van der Waals surface area contributed by atoms with Gasteiger partial charge in [0.15, 0.2) is 0 Å². The van der Waals surface area contributed by atoms with Crippen LogP contribution in [0.4, 0.5) is 0 Å². The molecule has 3 rings (SSSR count). The molecule has 0 saturated heterocycles. The number of esters is 1. The minimum atomic E-state index is -3.77. The monoisotopic (exact) mass is 401 g/mol. The van der Waals surface area contributed by atoms with E-state index in [0.717, 1.165) is 27.8 Å². The minimum Gasteiger partial charge on any atom is -0.466 e. The van der Waals surface area contributed by atoms with Gasteiger partial charge in [0.25, 0.3) is 0 Å². The highest BCUT2D eigenvalue weighted by Crippen LogP contribution is 2.38. The molecule has 0 saturated carbocycles. The molecule has 5 nitrogen and oxygen atoms in total. The van der Waals surface area contributed by atoms with Gasteiger partial charge in [0.05, 0.1) is 24.0 Å². The number of ether oxygens (including phenoxy) is 1. The third kappa shape index (κ3) is 3.84. The van der Waals surface area contributed by atoms with Gasteiger partial charge in [-0.05, 0) is 56.4 Å². The van der Waals surface area contributed by atoms with Crippen LogP contribution in [0.3, 0.4) is 0 Å². The average molecular weight is 402 g/mol. The Morgan fingerprint density at radius 1 is 1.14 bits per heavy atom. The molecule has 150 valence electrons. The van der Waals surface area contributed by atoms with Crippen molar-refractivity contribution in [1.29, 1.82) is 0 Å². The first kappa shape index (κ1) is 20.6. The second kappa shape index (κ2) is 8.05. The molecule has 6 heteroatoms. The molecule has 2 aromatic rings. The van der Waals surface area contributed by atoms with Crippen molar-refractivity contribution in [1.82, 2.24) is 4.31 Å². The van der Waals surface area contributed by atoms with Crippen LogP contribution < -0.4 is 0 Å². The van der Waals surface area contributed by atoms with Crippen LogP contribution in [0.1, 0.15) is 47.2 Å². The van der Waals surface area contributed by atoms with Crippen LogP contribution in [0.2, 0.25) is 0 Å². The summed E-state index contributed by atoms with van der Waals surface area (Å²) in [7, 11) is -3.77. The van der Waals surface area contributed by atoms with E-state index < -0.39 is 16.1 Å². The van der Waals surface area contributed by atoms with Gasteiger partial charge >= 0.3 is 5.97 Å². The first-order valence-electron chi connectivity index (χ1n) is 9.58. The molecular formula is C22H27NO4S. The Morgan fingerprint density at radius 2 is 1.79 bits per heavy atom. The number of nitrogens with zero attached hydrogens (tertiary/aromatic N) is 1. The van der Waals surface area contributed by atoms with E-state index in [1.165, 1.54) is 4.31 Å². The molecule has 0 radical (unpaired) electrons. The van der Waals surface area contributed by atoms with Gasteiger partial charge in [0, 0.05) is 6.54 Å². The summed E-state index contributed by atoms with van der Waals surface area (Å²) in [4.78, 5) is 12.6. The first-order chi connectivity index (χ1) is 13.3. The number of benzene rings is 2. The Kier molecular flexibility index (Phi) is 5.91. The van der Waals surface area contributed by atoms with E-state index in [9.17, 15) is 13.2 Å². The number of rotatable bonds is 5. The molecule has 1 aliphatic heterocycles. The van der Waals surface area contributed by atoms with E-state index in [1.54, 1.807) is 6.92 Å². The molecule has 0 spiro atoms. The van der Waals surface area contributed by atoms with Gasteiger partial charge in [-0.3, -0.25) is 4.79 Å². The molecular weight excluding hydrogens is 374 g/mol. The summed E-state index contributed by atoms with van der Waals surface area (Å²) < 4.78 is 34.0. The van der Waals surface area contributed by atoms with Gasteiger partial charge in [-0.2, -0.15) is 4.31 Å². The van der Waals surface area contributed by atoms with E-state index in [-0.39, 0.29) is 19.0 Å². The van der Waals surface area contributed by atoms with Gasteiger partial charge in [-0.1, -0.05) is 42.0 Å². The van der Waals surface area contributed by atoms with Gasteiger partial charge < -0.3 is 4.74 Å². The van der Waals surface area contributed by atoms with Crippen LogP contribution in [-0.2, 0) is 26.0 Å². The summed E-state index contributed by atoms with van der Waals surface area (Å²) in [5.74, 6) is -0.387. The third-order valence-electron chi connectivity index (χ3n) is 5.20. The van der Waals surface area contributed by atoms with Gasteiger partial charge in [0.2, 0.25) is 10.0 Å². The van der Waals surface area contributed by atoms with E-state index in [0.29, 0.717) is 17.9 Å². The molecule has 0 N–H and O–H groups in total. The molecule has 0 bridgehead atoms. The van der Waals surface area contributed by atoms with Gasteiger partial charge in [-0.25, -0.2) is 8.42 Å². The van der Waals surface area contributed by atoms with Crippen molar-refractivity contribution >= 4 is 16.0 Å². The fourth-order valence-electron chi connectivity index (χ4n) is 4.20. The number of carbonyl (C=O) groups excluding carboxylic acids is 1. The molecule has 0 aliphatic carbocycles. The molecule has 1 aliphatic rings. The number of hydrogen-bond donors (Lipinski definition) is 0. The number of aryl methyl sites for hydroxylation is 3. The summed E-state index contributed by atoms with van der Waals surface area (Å²) in [6.45, 7) is 7.97. The molecule has 0 aromatic heterocycles. The molecule has 28 heavy (non-hydrogen) atoms. The second-order valence-corrected chi connectivity index (χ2v) is 9.14. The second-order valence-electron chi connectivity index (χ2n) is 7.32. The lowest BCUT2D eigenvalue weighted by Gasteiger charge is -2.36. The number of carbonyl (C=O) groups is 1. The predicted octanol–water partition coefficient (Wildman–Crippen LogP) is 3.85. The Hall–Kier alpha value is -2.18. The highest BCUT2D eigenvalue weighted by molar-refractivity contribution is 7.89. The van der Waals surface area contributed by atoms with Crippen LogP contribution in [-0.4, -0.2) is 31.8 Å². The molecule has 0 unspecified atom stereocenters. The zero-order valence-corrected chi connectivity index (χ0v) is 17.7. The third-order valence-corrected chi connectivity index (χ3v) is 7.41. The lowest BCUT2D eigenvalue weighted by Crippen LogP contribution is -2.41. The maximum atomic E-state index is 13.7. The van der Waals surface area contributed by atoms with Crippen molar-refractivity contribution in [2.75, 3.05) is 13.2 Å². The number of sulfonamides is 1. The van der Waals surface area contributed by atoms with Crippen LogP contribution in [0.5, 0.6) is 0 Å². The van der Waals surface area contributed by atoms with E-state index in [1.807, 2.05) is 57.2 Å². The Morgan fingerprint density at radius 3 is 2.43 bits per heavy atom. The summed E-state index contributed by atoms with van der Waals surface area (Å²) >= 11 is 0. The van der Waals surface area contributed by atoms with Crippen molar-refractivity contribution < 1.29 is 17.9 Å². The SMILES string of the molecule is CCOC(=O)C[C@@H]1c2ccccc2CCN1S(=O)(=O)c1c(C)cc(C)cc1C. The van der Waals surface area contributed by atoms with Crippen molar-refractivity contribution in [2.24, 2.45) is 0 Å². The zero-order chi connectivity index (χ0) is 20.5. The molecule has 0 fully saturated rings. The normalized spacial score (nSPS) is 17.2. The maximum Gasteiger partial charge on any atom is 0.307 e. The van der Waals surface area contributed by atoms with Crippen LogP contribution in [0.15, 0.2) is 41.3 Å². The molecule has 1 atom stereocenters. The highest BCUT2D eigenvalue weighted by atomic mass is 32.2. The van der Waals surface area contributed by atoms with Crippen molar-refractivity contribution in [2.45, 2.75) is 51.5 Å². The number of fused-ring (bicyclic) bond motifs is 1. The fourth-order valence-corrected chi connectivity index (χ4v) is 6.22. The van der Waals surface area contributed by atoms with E-state index in [4.69, 9.17) is 4.74 Å². The summed E-state index contributed by atoms with van der Waals surface area (Å²) in [6.07, 6.45) is 0.632. The van der Waals surface area contributed by atoms with Gasteiger partial charge in [-0.15, -0.1) is 0 Å². The first-order valence-corrected chi connectivity index (χ1v) is 11.0. The van der Waals surface area contributed by atoms with E-state index >= 15 is 0 Å². The van der Waals surface area contributed by atoms with Gasteiger partial charge in [0.1, 0.15) is 0 Å². The van der Waals surface area contributed by atoms with Crippen LogP contribution in [0, 0.1) is 20.8 Å². The highest BCUT2D eigenvalue weighted by Gasteiger charge is 2.39. The lowest BCUT2D eigenvalue weighted by atomic mass is 9.92. The van der Waals surface area contributed by atoms with Crippen molar-refractivity contribution in [3.05, 3.63) is 64.2 Å². The molecule has 2 aromatic carbocycles. The molecule has 0 amide bonds. The smallest absolute Gasteiger partial charge is 0.307 e. The van der Waals surface area contributed by atoms with Crippen LogP contribution in [0.25, 0.3) is 0 Å². The minimum absolute atomic E-state index is 0.00798. The summed E-state index contributed by atoms with van der Waals surface area (Å²) in [6, 6.07) is 11.0. The topological polar surface area (TPSA) is 63.7 Å². The molecule has 1 heterocycles. The Bertz CT molecular complexity index is 974. The quantitative estimate of drug-likeness (QED) is 0.714. The summed E-state index contributed by atoms with van der Waals surface area (Å²) in [5, 5.41) is 0. The predicted molar refractivity (Wildman–Crippen MR) is 109 cm³/mol. The van der Waals surface area contributed by atoms with E-state index in [2.05, 4.69) is 0 Å². The Labute approximate surface area is 167 Å². The van der Waals surface area contributed by atoms with Crippen molar-refractivity contribution in [3.63, 3.8) is 0 Å². The lowest BCUT2D eigenvalue weighted by molar-refractivity contribution is -0.144. The van der Waals surface area contributed by atoms with Crippen LogP contribution >= 0.6 is 0 Å². The maximum absolute atomic E-state index is 13.7. The average Bonchev–Trinajstić information content (AvgIpc) is 2.60. The van der Waals surface area contributed by atoms with Crippen molar-refractivity contribution in [3.8, 4) is 0 Å². The Balaban J connectivity index is 2.09. The standard InChI is InChI=1S/C22H27NO4S/c1-5-27-21(24)14-20-19-9-7-6-8-18(19)10-11-23(20)28(25,26)22-16(3)12-15(2)13-17(22)4/h6-9,12-13,20H,5,10-11,14H2,1-4H3/t20-/m1/s1. The zero-order valence-electron chi connectivity index (χ0n) is 16.9.